The molecule has 2 rings (SSSR count). The van der Waals surface area contributed by atoms with Gasteiger partial charge in [0.05, 0.1) is 19.8 Å². The maximum absolute atomic E-state index is 12.7. The van der Waals surface area contributed by atoms with Gasteiger partial charge >= 0.3 is 0 Å². The summed E-state index contributed by atoms with van der Waals surface area (Å²) in [6, 6.07) is 5.52. The predicted molar refractivity (Wildman–Crippen MR) is 75.1 cm³/mol. The van der Waals surface area contributed by atoms with Crippen LogP contribution in [0.25, 0.3) is 0 Å². The molecule has 1 aliphatic carbocycles. The molecular weight excluding hydrogens is 240 g/mol. The van der Waals surface area contributed by atoms with Crippen molar-refractivity contribution in [3.63, 3.8) is 0 Å². The zero-order valence-electron chi connectivity index (χ0n) is 11.8. The molecule has 1 fully saturated rings. The lowest BCUT2D eigenvalue weighted by Gasteiger charge is -2.16. The van der Waals surface area contributed by atoms with Gasteiger partial charge in [-0.3, -0.25) is 4.79 Å². The summed E-state index contributed by atoms with van der Waals surface area (Å²) in [5.41, 5.74) is 0.661. The molecule has 0 atom stereocenters. The third-order valence-corrected chi connectivity index (χ3v) is 3.89. The molecule has 0 aromatic heterocycles. The molecule has 19 heavy (non-hydrogen) atoms. The number of Topliss-reactive ketones (excluding diaryl/α,β-unsaturated/α-hetero) is 1. The summed E-state index contributed by atoms with van der Waals surface area (Å²) >= 11 is 0. The minimum Gasteiger partial charge on any atom is -0.493 e. The Bertz CT molecular complexity index is 432. The van der Waals surface area contributed by atoms with Crippen LogP contribution < -0.4 is 9.47 Å². The largest absolute Gasteiger partial charge is 0.493 e. The van der Waals surface area contributed by atoms with Crippen LogP contribution in [0.3, 0.4) is 0 Å². The summed E-state index contributed by atoms with van der Waals surface area (Å²) in [5, 5.41) is 0. The second-order valence-corrected chi connectivity index (χ2v) is 5.09. The Morgan fingerprint density at radius 3 is 2.32 bits per heavy atom. The molecule has 0 spiro atoms. The molecule has 104 valence electrons. The van der Waals surface area contributed by atoms with E-state index in [0.29, 0.717) is 17.1 Å². The second-order valence-electron chi connectivity index (χ2n) is 5.09. The molecule has 1 aromatic rings. The quantitative estimate of drug-likeness (QED) is 0.610. The third-order valence-electron chi connectivity index (χ3n) is 3.89. The van der Waals surface area contributed by atoms with Crippen molar-refractivity contribution in [3.8, 4) is 11.5 Å². The molecule has 0 radical (unpaired) electrons. The average molecular weight is 262 g/mol. The Labute approximate surface area is 114 Å². The topological polar surface area (TPSA) is 35.5 Å². The predicted octanol–water partition coefficient (Wildman–Crippen LogP) is 3.86. The van der Waals surface area contributed by atoms with E-state index in [-0.39, 0.29) is 11.7 Å². The number of para-hydroxylation sites is 1. The Balaban J connectivity index is 2.27. The monoisotopic (exact) mass is 262 g/mol. The third kappa shape index (κ3) is 3.09. The van der Waals surface area contributed by atoms with Crippen LogP contribution in [-0.4, -0.2) is 20.0 Å². The number of carbonyl (C=O) groups is 1. The first-order chi connectivity index (χ1) is 9.27. The van der Waals surface area contributed by atoms with Gasteiger partial charge in [0, 0.05) is 5.92 Å². The number of ether oxygens (including phenoxy) is 2. The summed E-state index contributed by atoms with van der Waals surface area (Å²) in [5.74, 6) is 1.54. The first-order valence-electron chi connectivity index (χ1n) is 7.03. The van der Waals surface area contributed by atoms with Gasteiger partial charge in [-0.1, -0.05) is 31.7 Å². The zero-order valence-corrected chi connectivity index (χ0v) is 11.8. The first kappa shape index (κ1) is 13.9. The van der Waals surface area contributed by atoms with Gasteiger partial charge in [-0.25, -0.2) is 0 Å². The molecule has 0 N–H and O–H groups in total. The molecule has 3 heteroatoms. The summed E-state index contributed by atoms with van der Waals surface area (Å²) in [7, 11) is 3.18. The summed E-state index contributed by atoms with van der Waals surface area (Å²) in [6.45, 7) is 0. The highest BCUT2D eigenvalue weighted by Gasteiger charge is 2.25. The fourth-order valence-electron chi connectivity index (χ4n) is 2.84. The van der Waals surface area contributed by atoms with Crippen LogP contribution in [0.4, 0.5) is 0 Å². The van der Waals surface area contributed by atoms with Gasteiger partial charge in [0.15, 0.2) is 17.3 Å². The molecule has 0 unspecified atom stereocenters. The molecule has 1 aromatic carbocycles. The zero-order chi connectivity index (χ0) is 13.7. The minimum absolute atomic E-state index is 0.142. The number of carbonyl (C=O) groups excluding carboxylic acids is 1. The number of methoxy groups -OCH3 is 2. The molecule has 0 aliphatic heterocycles. The van der Waals surface area contributed by atoms with E-state index in [2.05, 4.69) is 0 Å². The van der Waals surface area contributed by atoms with Gasteiger partial charge in [0.25, 0.3) is 0 Å². The number of rotatable bonds is 4. The van der Waals surface area contributed by atoms with Gasteiger partial charge < -0.3 is 9.47 Å². The molecule has 0 bridgehead atoms. The van der Waals surface area contributed by atoms with Crippen molar-refractivity contribution in [3.05, 3.63) is 23.8 Å². The van der Waals surface area contributed by atoms with Crippen molar-refractivity contribution < 1.29 is 14.3 Å². The van der Waals surface area contributed by atoms with Gasteiger partial charge in [0.2, 0.25) is 0 Å². The second kappa shape index (κ2) is 6.60. The number of hydrogen-bond acceptors (Lipinski definition) is 3. The van der Waals surface area contributed by atoms with Crippen molar-refractivity contribution in [2.45, 2.75) is 38.5 Å². The summed E-state index contributed by atoms with van der Waals surface area (Å²) in [6.07, 6.45) is 6.81. The van der Waals surface area contributed by atoms with Crippen LogP contribution >= 0.6 is 0 Å². The summed E-state index contributed by atoms with van der Waals surface area (Å²) in [4.78, 5) is 12.7. The van der Waals surface area contributed by atoms with Crippen molar-refractivity contribution >= 4 is 5.78 Å². The molecule has 1 saturated carbocycles. The van der Waals surface area contributed by atoms with E-state index in [0.717, 1.165) is 25.7 Å². The molecule has 0 saturated heterocycles. The Morgan fingerprint density at radius 1 is 1.05 bits per heavy atom. The molecule has 0 amide bonds. The number of hydrogen-bond donors (Lipinski definition) is 0. The van der Waals surface area contributed by atoms with E-state index in [1.165, 1.54) is 12.8 Å². The van der Waals surface area contributed by atoms with Crippen LogP contribution in [0.1, 0.15) is 48.9 Å². The van der Waals surface area contributed by atoms with Gasteiger partial charge in [-0.15, -0.1) is 0 Å². The Morgan fingerprint density at radius 2 is 1.74 bits per heavy atom. The standard InChI is InChI=1S/C16H22O3/c1-18-14-11-7-10-13(16(14)19-2)15(17)12-8-5-3-4-6-9-12/h7,10-12H,3-6,8-9H2,1-2H3. The van der Waals surface area contributed by atoms with Gasteiger partial charge in [-0.2, -0.15) is 0 Å². The van der Waals surface area contributed by atoms with Crippen LogP contribution in [-0.2, 0) is 0 Å². The van der Waals surface area contributed by atoms with Gasteiger partial charge in [0.1, 0.15) is 0 Å². The number of benzene rings is 1. The van der Waals surface area contributed by atoms with Crippen LogP contribution in [0.5, 0.6) is 11.5 Å². The van der Waals surface area contributed by atoms with E-state index in [1.807, 2.05) is 18.2 Å². The first-order valence-corrected chi connectivity index (χ1v) is 7.03. The van der Waals surface area contributed by atoms with Crippen molar-refractivity contribution in [2.75, 3.05) is 14.2 Å². The highest BCUT2D eigenvalue weighted by atomic mass is 16.5. The van der Waals surface area contributed by atoms with Gasteiger partial charge in [-0.05, 0) is 25.0 Å². The van der Waals surface area contributed by atoms with E-state index in [9.17, 15) is 4.79 Å². The van der Waals surface area contributed by atoms with Crippen molar-refractivity contribution in [2.24, 2.45) is 5.92 Å². The van der Waals surface area contributed by atoms with E-state index in [1.54, 1.807) is 14.2 Å². The lowest BCUT2D eigenvalue weighted by atomic mass is 9.90. The maximum Gasteiger partial charge on any atom is 0.171 e. The highest BCUT2D eigenvalue weighted by Crippen LogP contribution is 2.34. The SMILES string of the molecule is COc1cccc(C(=O)C2CCCCCC2)c1OC. The Hall–Kier alpha value is -1.51. The average Bonchev–Trinajstić information content (AvgIpc) is 2.74. The Kier molecular flexibility index (Phi) is 4.83. The lowest BCUT2D eigenvalue weighted by Crippen LogP contribution is -2.15. The van der Waals surface area contributed by atoms with Crippen LogP contribution in [0, 0.1) is 5.92 Å². The van der Waals surface area contributed by atoms with E-state index >= 15 is 0 Å². The lowest BCUT2D eigenvalue weighted by molar-refractivity contribution is 0.0904. The van der Waals surface area contributed by atoms with E-state index in [4.69, 9.17) is 9.47 Å². The van der Waals surface area contributed by atoms with Crippen LogP contribution in [0.15, 0.2) is 18.2 Å². The molecule has 3 nitrogen and oxygen atoms in total. The fraction of sp³-hybridized carbons (Fsp3) is 0.562. The van der Waals surface area contributed by atoms with E-state index < -0.39 is 0 Å². The number of ketones is 1. The molecular formula is C16H22O3. The van der Waals surface area contributed by atoms with Crippen LogP contribution in [0.2, 0.25) is 0 Å². The molecule has 1 aliphatic rings. The highest BCUT2D eigenvalue weighted by molar-refractivity contribution is 6.01. The minimum atomic E-state index is 0.142. The fourth-order valence-corrected chi connectivity index (χ4v) is 2.84. The summed E-state index contributed by atoms with van der Waals surface area (Å²) < 4.78 is 10.6. The molecule has 0 heterocycles. The normalized spacial score (nSPS) is 16.7. The maximum atomic E-state index is 12.7. The van der Waals surface area contributed by atoms with Crippen molar-refractivity contribution in [1.29, 1.82) is 0 Å². The van der Waals surface area contributed by atoms with Crippen molar-refractivity contribution in [1.82, 2.24) is 0 Å². The smallest absolute Gasteiger partial charge is 0.171 e.